The third-order valence-electron chi connectivity index (χ3n) is 3.67. The van der Waals surface area contributed by atoms with Gasteiger partial charge in [-0.2, -0.15) is 0 Å². The van der Waals surface area contributed by atoms with E-state index in [9.17, 15) is 5.26 Å². The third-order valence-corrected chi connectivity index (χ3v) is 3.67. The van der Waals surface area contributed by atoms with E-state index in [-0.39, 0.29) is 51.4 Å². The zero-order chi connectivity index (χ0) is 14.5. The molecule has 0 unspecified atom stereocenters. The first-order valence-electron chi connectivity index (χ1n) is 6.85. The van der Waals surface area contributed by atoms with Gasteiger partial charge in [0.1, 0.15) is 5.60 Å². The van der Waals surface area contributed by atoms with Crippen molar-refractivity contribution < 1.29 is 61.5 Å². The van der Waals surface area contributed by atoms with Crippen LogP contribution in [-0.2, 0) is 10.5 Å². The molecule has 3 rings (SSSR count). The molecule has 0 bridgehead atoms. The standard InChI is InChI=1S/C19H16O2.K/c20-21-19(16-10-4-1-5-11-16,17-12-6-2-7-13-17)18-14-8-3-9-15-18;/h1-15,20H;/q;+1/p-1. The summed E-state index contributed by atoms with van der Waals surface area (Å²) in [5.74, 6) is 0. The van der Waals surface area contributed by atoms with E-state index in [0.717, 1.165) is 16.7 Å². The van der Waals surface area contributed by atoms with E-state index in [1.54, 1.807) is 0 Å². The van der Waals surface area contributed by atoms with Crippen molar-refractivity contribution in [1.29, 1.82) is 0 Å². The molecule has 0 aliphatic carbocycles. The fourth-order valence-corrected chi connectivity index (χ4v) is 2.66. The fraction of sp³-hybridized carbons (Fsp3) is 0.0526. The summed E-state index contributed by atoms with van der Waals surface area (Å²) in [5.41, 5.74) is 1.32. The SMILES string of the molecule is [K+].[O-]OC(c1ccccc1)(c1ccccc1)c1ccccc1. The monoisotopic (exact) mass is 314 g/mol. The molecular formula is C19H15KO2. The van der Waals surface area contributed by atoms with E-state index >= 15 is 0 Å². The number of benzene rings is 3. The average Bonchev–Trinajstić information content (AvgIpc) is 2.59. The maximum Gasteiger partial charge on any atom is 1.00 e. The Kier molecular flexibility index (Phi) is 6.53. The van der Waals surface area contributed by atoms with Crippen LogP contribution in [0.5, 0.6) is 0 Å². The molecule has 3 aromatic carbocycles. The Balaban J connectivity index is 0.00000176. The second-order valence-electron chi connectivity index (χ2n) is 4.86. The van der Waals surface area contributed by atoms with Crippen molar-refractivity contribution in [2.24, 2.45) is 0 Å². The molecule has 2 nitrogen and oxygen atoms in total. The van der Waals surface area contributed by atoms with E-state index in [2.05, 4.69) is 0 Å². The molecule has 0 aromatic heterocycles. The summed E-state index contributed by atoms with van der Waals surface area (Å²) in [6, 6.07) is 28.7. The first-order chi connectivity index (χ1) is 10.4. The quantitative estimate of drug-likeness (QED) is 0.300. The van der Waals surface area contributed by atoms with Crippen LogP contribution in [0.1, 0.15) is 16.7 Å². The zero-order valence-corrected chi connectivity index (χ0v) is 15.6. The summed E-state index contributed by atoms with van der Waals surface area (Å²) >= 11 is 0. The van der Waals surface area contributed by atoms with E-state index in [1.807, 2.05) is 91.0 Å². The minimum Gasteiger partial charge on any atom is -0.722 e. The van der Waals surface area contributed by atoms with Crippen molar-refractivity contribution in [1.82, 2.24) is 0 Å². The normalized spacial score (nSPS) is 10.8. The third kappa shape index (κ3) is 3.26. The summed E-state index contributed by atoms with van der Waals surface area (Å²) in [4.78, 5) is 4.85. The van der Waals surface area contributed by atoms with Gasteiger partial charge in [0.05, 0.1) is 0 Å². The topological polar surface area (TPSA) is 32.3 Å². The van der Waals surface area contributed by atoms with Crippen molar-refractivity contribution in [3.05, 3.63) is 108 Å². The van der Waals surface area contributed by atoms with E-state index < -0.39 is 5.60 Å². The molecule has 0 aliphatic rings. The maximum atomic E-state index is 11.9. The predicted octanol–water partition coefficient (Wildman–Crippen LogP) is 0.274. The molecule has 3 heteroatoms. The van der Waals surface area contributed by atoms with Gasteiger partial charge in [0.2, 0.25) is 0 Å². The molecule has 22 heavy (non-hydrogen) atoms. The van der Waals surface area contributed by atoms with Crippen molar-refractivity contribution in [2.45, 2.75) is 5.60 Å². The van der Waals surface area contributed by atoms with Crippen LogP contribution in [0.4, 0.5) is 0 Å². The molecule has 0 spiro atoms. The number of hydrogen-bond acceptors (Lipinski definition) is 2. The largest absolute Gasteiger partial charge is 1.00 e. The van der Waals surface area contributed by atoms with Crippen LogP contribution in [0.25, 0.3) is 0 Å². The van der Waals surface area contributed by atoms with E-state index in [4.69, 9.17) is 4.89 Å². The predicted molar refractivity (Wildman–Crippen MR) is 80.3 cm³/mol. The summed E-state index contributed by atoms with van der Waals surface area (Å²) in [6.45, 7) is 0. The van der Waals surface area contributed by atoms with Crippen LogP contribution in [-0.4, -0.2) is 0 Å². The zero-order valence-electron chi connectivity index (χ0n) is 12.5. The maximum absolute atomic E-state index is 11.9. The Bertz CT molecular complexity index is 588. The molecule has 0 atom stereocenters. The van der Waals surface area contributed by atoms with Crippen LogP contribution < -0.4 is 56.6 Å². The fourth-order valence-electron chi connectivity index (χ4n) is 2.66. The minimum absolute atomic E-state index is 0. The Morgan fingerprint density at radius 2 is 0.818 bits per heavy atom. The summed E-state index contributed by atoms with van der Waals surface area (Å²) in [7, 11) is 0. The van der Waals surface area contributed by atoms with Gasteiger partial charge < -0.3 is 10.1 Å². The number of rotatable bonds is 4. The molecule has 0 saturated heterocycles. The van der Waals surface area contributed by atoms with Gasteiger partial charge in [0.15, 0.2) is 0 Å². The van der Waals surface area contributed by atoms with Gasteiger partial charge in [0.25, 0.3) is 0 Å². The Morgan fingerprint density at radius 3 is 1.05 bits per heavy atom. The van der Waals surface area contributed by atoms with Gasteiger partial charge in [-0.05, 0) is 16.7 Å². The van der Waals surface area contributed by atoms with Gasteiger partial charge in [-0.25, -0.2) is 0 Å². The molecule has 0 heterocycles. The van der Waals surface area contributed by atoms with Gasteiger partial charge in [-0.3, -0.25) is 0 Å². The Hall–Kier alpha value is -0.784. The van der Waals surface area contributed by atoms with Crippen molar-refractivity contribution in [3.8, 4) is 0 Å². The van der Waals surface area contributed by atoms with Crippen molar-refractivity contribution in [3.63, 3.8) is 0 Å². The molecule has 0 radical (unpaired) electrons. The molecule has 0 N–H and O–H groups in total. The summed E-state index contributed by atoms with van der Waals surface area (Å²) in [5, 5.41) is 11.9. The van der Waals surface area contributed by atoms with E-state index in [1.165, 1.54) is 0 Å². The van der Waals surface area contributed by atoms with Crippen molar-refractivity contribution in [2.75, 3.05) is 0 Å². The van der Waals surface area contributed by atoms with Crippen LogP contribution in [0.2, 0.25) is 0 Å². The van der Waals surface area contributed by atoms with Crippen molar-refractivity contribution >= 4 is 0 Å². The van der Waals surface area contributed by atoms with Crippen LogP contribution in [0.15, 0.2) is 91.0 Å². The smallest absolute Gasteiger partial charge is 0.722 e. The molecule has 3 aromatic rings. The first-order valence-corrected chi connectivity index (χ1v) is 6.85. The minimum atomic E-state index is -1.14. The molecular weight excluding hydrogens is 299 g/mol. The van der Waals surface area contributed by atoms with Gasteiger partial charge >= 0.3 is 51.4 Å². The van der Waals surface area contributed by atoms with E-state index in [0.29, 0.717) is 0 Å². The first kappa shape index (κ1) is 17.6. The molecule has 104 valence electrons. The van der Waals surface area contributed by atoms with Gasteiger partial charge in [-0.15, -0.1) is 0 Å². The second-order valence-corrected chi connectivity index (χ2v) is 4.86. The van der Waals surface area contributed by atoms with Crippen LogP contribution in [0.3, 0.4) is 0 Å². The Labute approximate surface area is 173 Å². The molecule has 0 amide bonds. The Morgan fingerprint density at radius 1 is 0.545 bits per heavy atom. The second kappa shape index (κ2) is 8.18. The van der Waals surface area contributed by atoms with Crippen LogP contribution >= 0.6 is 0 Å². The molecule has 0 aliphatic heterocycles. The number of hydrogen-bond donors (Lipinski definition) is 0. The molecule has 0 fully saturated rings. The summed E-state index contributed by atoms with van der Waals surface area (Å²) < 4.78 is 0. The summed E-state index contributed by atoms with van der Waals surface area (Å²) in [6.07, 6.45) is 0. The van der Waals surface area contributed by atoms with Gasteiger partial charge in [0, 0.05) is 0 Å². The average molecular weight is 314 g/mol. The van der Waals surface area contributed by atoms with Crippen LogP contribution in [0, 0.1) is 0 Å². The molecule has 0 saturated carbocycles. The van der Waals surface area contributed by atoms with Gasteiger partial charge in [-0.1, -0.05) is 91.0 Å².